The van der Waals surface area contributed by atoms with Crippen molar-refractivity contribution in [2.24, 2.45) is 0 Å². The zero-order valence-electron chi connectivity index (χ0n) is 16.5. The molecule has 2 aromatic carbocycles. The predicted octanol–water partition coefficient (Wildman–Crippen LogP) is 3.66. The maximum Gasteiger partial charge on any atom is 0.336 e. The van der Waals surface area contributed by atoms with Gasteiger partial charge in [0.2, 0.25) is 0 Å². The van der Waals surface area contributed by atoms with Crippen molar-refractivity contribution < 1.29 is 23.9 Å². The highest BCUT2D eigenvalue weighted by atomic mass is 16.8. The molecule has 4 rings (SSSR count). The number of carbonyl (C=O) groups is 1. The fraction of sp³-hybridized carbons (Fsp3) is 0.318. The second-order valence-corrected chi connectivity index (χ2v) is 7.10. The molecule has 7 nitrogen and oxygen atoms in total. The summed E-state index contributed by atoms with van der Waals surface area (Å²) in [7, 11) is 1.63. The van der Waals surface area contributed by atoms with Gasteiger partial charge < -0.3 is 14.3 Å². The van der Waals surface area contributed by atoms with E-state index in [0.717, 1.165) is 28.1 Å². The molecule has 0 aliphatic carbocycles. The zero-order chi connectivity index (χ0) is 20.4. The molecule has 7 heteroatoms. The van der Waals surface area contributed by atoms with Gasteiger partial charge in [-0.1, -0.05) is 36.4 Å². The van der Waals surface area contributed by atoms with E-state index in [1.54, 1.807) is 19.1 Å². The van der Waals surface area contributed by atoms with Crippen LogP contribution < -0.4 is 10.1 Å². The second-order valence-electron chi connectivity index (χ2n) is 7.10. The number of hydrogen-bond acceptors (Lipinski definition) is 7. The average Bonchev–Trinajstić information content (AvgIpc) is 3.61. The number of epoxide rings is 2. The second kappa shape index (κ2) is 8.24. The Morgan fingerprint density at radius 2 is 1.41 bits per heavy atom. The summed E-state index contributed by atoms with van der Waals surface area (Å²) in [5.41, 5.74) is 4.58. The normalized spacial score (nSPS) is 19.4. The fourth-order valence-corrected chi connectivity index (χ4v) is 3.01. The van der Waals surface area contributed by atoms with E-state index >= 15 is 0 Å². The molecule has 0 aromatic heterocycles. The van der Waals surface area contributed by atoms with Gasteiger partial charge in [0.15, 0.2) is 12.5 Å². The topological polar surface area (TPSA) is 67.1 Å². The highest BCUT2D eigenvalue weighted by Gasteiger charge is 2.34. The van der Waals surface area contributed by atoms with E-state index in [1.807, 2.05) is 48.5 Å². The van der Waals surface area contributed by atoms with Crippen molar-refractivity contribution in [3.8, 4) is 11.1 Å². The van der Waals surface area contributed by atoms with Crippen molar-refractivity contribution in [1.29, 1.82) is 0 Å². The van der Waals surface area contributed by atoms with Gasteiger partial charge in [-0.05, 0) is 42.3 Å². The third-order valence-electron chi connectivity index (χ3n) is 4.57. The van der Waals surface area contributed by atoms with Gasteiger partial charge in [-0.3, -0.25) is 4.84 Å². The quantitative estimate of drug-likeness (QED) is 0.364. The van der Waals surface area contributed by atoms with Crippen LogP contribution in [0.2, 0.25) is 0 Å². The van der Waals surface area contributed by atoms with Gasteiger partial charge in [-0.15, -0.1) is 0 Å². The van der Waals surface area contributed by atoms with Crippen LogP contribution in [-0.4, -0.2) is 38.7 Å². The number of benzene rings is 2. The molecule has 0 spiro atoms. The van der Waals surface area contributed by atoms with E-state index < -0.39 is 0 Å². The van der Waals surface area contributed by atoms with E-state index in [-0.39, 0.29) is 24.8 Å². The Morgan fingerprint density at radius 1 is 0.966 bits per heavy atom. The van der Waals surface area contributed by atoms with Crippen molar-refractivity contribution >= 4 is 17.3 Å². The van der Waals surface area contributed by atoms with Gasteiger partial charge in [-0.2, -0.15) is 5.06 Å². The Kier molecular flexibility index (Phi) is 5.53. The Labute approximate surface area is 169 Å². The predicted molar refractivity (Wildman–Crippen MR) is 109 cm³/mol. The molecule has 0 bridgehead atoms. The lowest BCUT2D eigenvalue weighted by Crippen LogP contribution is -2.30. The number of ether oxygens (including phenoxy) is 2. The molecule has 0 N–H and O–H groups in total. The number of rotatable bonds is 9. The number of hydroxylamine groups is 2. The van der Waals surface area contributed by atoms with Crippen molar-refractivity contribution in [1.82, 2.24) is 0 Å². The molecule has 2 saturated heterocycles. The summed E-state index contributed by atoms with van der Waals surface area (Å²) in [5.74, 6) is -0.352. The minimum atomic E-state index is -0.352. The minimum Gasteiger partial charge on any atom is -0.349 e. The molecular weight excluding hydrogens is 372 g/mol. The Balaban J connectivity index is 1.46. The number of anilines is 2. The molecule has 29 heavy (non-hydrogen) atoms. The largest absolute Gasteiger partial charge is 0.349 e. The van der Waals surface area contributed by atoms with Crippen molar-refractivity contribution in [3.05, 3.63) is 60.7 Å². The van der Waals surface area contributed by atoms with Crippen LogP contribution in [0.15, 0.2) is 60.7 Å². The van der Waals surface area contributed by atoms with Crippen LogP contribution in [0, 0.1) is 0 Å². The SMILES string of the molecule is C=C(C)CC(=O)ON(c1ccc(-c2ccc(N(OC)C3CO3)cc2)cc1)C1CO1. The Hall–Kier alpha value is -2.87. The summed E-state index contributed by atoms with van der Waals surface area (Å²) in [4.78, 5) is 22.9. The highest BCUT2D eigenvalue weighted by molar-refractivity contribution is 5.74. The van der Waals surface area contributed by atoms with E-state index in [0.29, 0.717) is 13.2 Å². The van der Waals surface area contributed by atoms with Crippen molar-refractivity contribution in [2.45, 2.75) is 25.8 Å². The number of nitrogens with zero attached hydrogens (tertiary/aromatic N) is 2. The zero-order valence-corrected chi connectivity index (χ0v) is 16.5. The molecule has 2 aliphatic rings. The summed E-state index contributed by atoms with van der Waals surface area (Å²) in [6.07, 6.45) is -0.0647. The molecule has 2 atom stereocenters. The van der Waals surface area contributed by atoms with E-state index in [1.165, 1.54) is 5.06 Å². The molecule has 2 heterocycles. The minimum absolute atomic E-state index is 0.00616. The molecule has 2 unspecified atom stereocenters. The molecule has 2 fully saturated rings. The molecule has 0 saturated carbocycles. The van der Waals surface area contributed by atoms with E-state index in [9.17, 15) is 4.79 Å². The van der Waals surface area contributed by atoms with Crippen LogP contribution in [0.5, 0.6) is 0 Å². The van der Waals surface area contributed by atoms with Crippen LogP contribution in [0.25, 0.3) is 11.1 Å². The van der Waals surface area contributed by atoms with Gasteiger partial charge in [0.1, 0.15) is 0 Å². The maximum atomic E-state index is 12.0. The standard InChI is InChI=1S/C22H24N2O5/c1-15(2)12-22(25)29-24(21-14-28-21)19-10-6-17(7-11-19)16-4-8-18(9-5-16)23(26-3)20-13-27-20/h4-11,20-21H,1,12-14H2,2-3H3. The molecule has 0 amide bonds. The van der Waals surface area contributed by atoms with Crippen molar-refractivity contribution in [3.63, 3.8) is 0 Å². The van der Waals surface area contributed by atoms with Crippen LogP contribution >= 0.6 is 0 Å². The van der Waals surface area contributed by atoms with Gasteiger partial charge in [-0.25, -0.2) is 9.86 Å². The highest BCUT2D eigenvalue weighted by Crippen LogP contribution is 2.30. The number of carbonyl (C=O) groups excluding carboxylic acids is 1. The number of hydrogen-bond donors (Lipinski definition) is 0. The van der Waals surface area contributed by atoms with Gasteiger partial charge in [0.05, 0.1) is 38.1 Å². The van der Waals surface area contributed by atoms with E-state index in [4.69, 9.17) is 19.1 Å². The molecular formula is C22H24N2O5. The molecule has 2 aliphatic heterocycles. The first-order valence-corrected chi connectivity index (χ1v) is 9.46. The van der Waals surface area contributed by atoms with Crippen LogP contribution in [0.1, 0.15) is 13.3 Å². The fourth-order valence-electron chi connectivity index (χ4n) is 3.01. The molecule has 2 aromatic rings. The van der Waals surface area contributed by atoms with Crippen LogP contribution in [-0.2, 0) is 23.9 Å². The summed E-state index contributed by atoms with van der Waals surface area (Å²) in [5, 5.41) is 3.27. The first kappa shape index (κ1) is 19.4. The monoisotopic (exact) mass is 396 g/mol. The maximum absolute atomic E-state index is 12.0. The van der Waals surface area contributed by atoms with Gasteiger partial charge >= 0.3 is 5.97 Å². The third kappa shape index (κ3) is 4.76. The van der Waals surface area contributed by atoms with Crippen molar-refractivity contribution in [2.75, 3.05) is 30.4 Å². The lowest BCUT2D eigenvalue weighted by atomic mass is 10.0. The smallest absolute Gasteiger partial charge is 0.336 e. The summed E-state index contributed by atoms with van der Waals surface area (Å²) >= 11 is 0. The lowest BCUT2D eigenvalue weighted by molar-refractivity contribution is -0.145. The summed E-state index contributed by atoms with van der Waals surface area (Å²) in [6, 6.07) is 15.9. The van der Waals surface area contributed by atoms with Crippen LogP contribution in [0.4, 0.5) is 11.4 Å². The molecule has 152 valence electrons. The third-order valence-corrected chi connectivity index (χ3v) is 4.57. The van der Waals surface area contributed by atoms with Gasteiger partial charge in [0, 0.05) is 0 Å². The Morgan fingerprint density at radius 3 is 1.83 bits per heavy atom. The van der Waals surface area contributed by atoms with Crippen LogP contribution in [0.3, 0.4) is 0 Å². The summed E-state index contributed by atoms with van der Waals surface area (Å²) in [6.45, 7) is 6.75. The lowest BCUT2D eigenvalue weighted by Gasteiger charge is -2.21. The van der Waals surface area contributed by atoms with Gasteiger partial charge in [0.25, 0.3) is 0 Å². The van der Waals surface area contributed by atoms with E-state index in [2.05, 4.69) is 6.58 Å². The first-order chi connectivity index (χ1) is 14.0. The Bertz CT molecular complexity index is 873. The average molecular weight is 396 g/mol. The molecule has 0 radical (unpaired) electrons. The summed E-state index contributed by atoms with van der Waals surface area (Å²) < 4.78 is 10.6. The first-order valence-electron chi connectivity index (χ1n) is 9.46.